The van der Waals surface area contributed by atoms with Crippen LogP contribution in [0.1, 0.15) is 67.2 Å². The van der Waals surface area contributed by atoms with E-state index in [-0.39, 0.29) is 5.91 Å². The first-order chi connectivity index (χ1) is 9.80. The lowest BCUT2D eigenvalue weighted by Gasteiger charge is -2.35. The number of amides is 1. The third kappa shape index (κ3) is 7.28. The van der Waals surface area contributed by atoms with Gasteiger partial charge in [0.2, 0.25) is 5.91 Å². The van der Waals surface area contributed by atoms with E-state index in [4.69, 9.17) is 5.73 Å². The lowest BCUT2D eigenvalue weighted by Crippen LogP contribution is -2.55. The largest absolute Gasteiger partial charge is 0.368 e. The second kappa shape index (κ2) is 10.2. The van der Waals surface area contributed by atoms with Crippen LogP contribution in [-0.4, -0.2) is 42.0 Å². The van der Waals surface area contributed by atoms with E-state index in [1.54, 1.807) is 0 Å². The van der Waals surface area contributed by atoms with Crippen LogP contribution in [0.15, 0.2) is 0 Å². The first-order valence-corrected chi connectivity index (χ1v) is 8.59. The van der Waals surface area contributed by atoms with Gasteiger partial charge in [-0.05, 0) is 45.1 Å². The SMILES string of the molecule is CCCNC(C)(CCN(CC(C)C)C(CC)CC)C(N)=O. The van der Waals surface area contributed by atoms with Crippen molar-refractivity contribution in [3.63, 3.8) is 0 Å². The van der Waals surface area contributed by atoms with E-state index in [0.717, 1.165) is 45.3 Å². The molecule has 1 atom stereocenters. The number of nitrogens with two attached hydrogens (primary N) is 1. The van der Waals surface area contributed by atoms with Gasteiger partial charge in [0.25, 0.3) is 0 Å². The molecule has 126 valence electrons. The predicted molar refractivity (Wildman–Crippen MR) is 91.3 cm³/mol. The fraction of sp³-hybridized carbons (Fsp3) is 0.941. The Morgan fingerprint density at radius 2 is 1.81 bits per heavy atom. The van der Waals surface area contributed by atoms with Crippen LogP contribution in [0.2, 0.25) is 0 Å². The number of carbonyl (C=O) groups is 1. The Labute approximate surface area is 131 Å². The molecular formula is C17H37N3O. The van der Waals surface area contributed by atoms with Gasteiger partial charge in [-0.25, -0.2) is 0 Å². The second-order valence-corrected chi connectivity index (χ2v) is 6.73. The third-order valence-electron chi connectivity index (χ3n) is 4.27. The molecule has 21 heavy (non-hydrogen) atoms. The highest BCUT2D eigenvalue weighted by molar-refractivity contribution is 5.84. The van der Waals surface area contributed by atoms with E-state index in [1.165, 1.54) is 0 Å². The first-order valence-electron chi connectivity index (χ1n) is 8.59. The molecular weight excluding hydrogens is 262 g/mol. The maximum atomic E-state index is 11.8. The van der Waals surface area contributed by atoms with Crippen molar-refractivity contribution in [2.24, 2.45) is 11.7 Å². The quantitative estimate of drug-likeness (QED) is 0.582. The van der Waals surface area contributed by atoms with Crippen molar-refractivity contribution in [3.8, 4) is 0 Å². The van der Waals surface area contributed by atoms with Crippen molar-refractivity contribution in [3.05, 3.63) is 0 Å². The fourth-order valence-corrected chi connectivity index (χ4v) is 2.76. The zero-order chi connectivity index (χ0) is 16.5. The number of hydrogen-bond donors (Lipinski definition) is 2. The van der Waals surface area contributed by atoms with Crippen LogP contribution >= 0.6 is 0 Å². The van der Waals surface area contributed by atoms with Gasteiger partial charge in [-0.3, -0.25) is 4.79 Å². The lowest BCUT2D eigenvalue weighted by atomic mass is 9.95. The van der Waals surface area contributed by atoms with Gasteiger partial charge < -0.3 is 16.0 Å². The molecule has 1 amide bonds. The van der Waals surface area contributed by atoms with Crippen LogP contribution in [0.25, 0.3) is 0 Å². The number of carbonyl (C=O) groups excluding carboxylic acids is 1. The van der Waals surface area contributed by atoms with Gasteiger partial charge in [-0.2, -0.15) is 0 Å². The highest BCUT2D eigenvalue weighted by atomic mass is 16.1. The van der Waals surface area contributed by atoms with E-state index in [9.17, 15) is 4.79 Å². The standard InChI is InChI=1S/C17H37N3O/c1-7-11-19-17(6,16(18)21)10-12-20(13-14(4)5)15(8-2)9-3/h14-15,19H,7-13H2,1-6H3,(H2,18,21). The van der Waals surface area contributed by atoms with Gasteiger partial charge >= 0.3 is 0 Å². The molecule has 4 nitrogen and oxygen atoms in total. The van der Waals surface area contributed by atoms with Crippen LogP contribution in [0.4, 0.5) is 0 Å². The molecule has 0 saturated carbocycles. The van der Waals surface area contributed by atoms with Gasteiger partial charge in [0.1, 0.15) is 0 Å². The minimum absolute atomic E-state index is 0.245. The highest BCUT2D eigenvalue weighted by Gasteiger charge is 2.31. The number of nitrogens with zero attached hydrogens (tertiary/aromatic N) is 1. The lowest BCUT2D eigenvalue weighted by molar-refractivity contribution is -0.124. The smallest absolute Gasteiger partial charge is 0.237 e. The summed E-state index contributed by atoms with van der Waals surface area (Å²) in [5.41, 5.74) is 5.02. The Balaban J connectivity index is 4.78. The van der Waals surface area contributed by atoms with Crippen molar-refractivity contribution >= 4 is 5.91 Å². The minimum Gasteiger partial charge on any atom is -0.368 e. The van der Waals surface area contributed by atoms with E-state index >= 15 is 0 Å². The molecule has 1 unspecified atom stereocenters. The summed E-state index contributed by atoms with van der Waals surface area (Å²) in [5.74, 6) is 0.388. The van der Waals surface area contributed by atoms with Crippen LogP contribution in [0.3, 0.4) is 0 Å². The molecule has 0 aliphatic rings. The summed E-state index contributed by atoms with van der Waals surface area (Å²) in [6, 6.07) is 0.593. The molecule has 0 aliphatic heterocycles. The molecule has 3 N–H and O–H groups in total. The van der Waals surface area contributed by atoms with Gasteiger partial charge in [0, 0.05) is 19.1 Å². The van der Waals surface area contributed by atoms with Crippen molar-refractivity contribution in [2.45, 2.75) is 78.8 Å². The Hall–Kier alpha value is -0.610. The number of hydrogen-bond acceptors (Lipinski definition) is 3. The molecule has 0 rings (SSSR count). The van der Waals surface area contributed by atoms with E-state index in [1.807, 2.05) is 6.92 Å². The Morgan fingerprint density at radius 3 is 2.19 bits per heavy atom. The zero-order valence-corrected chi connectivity index (χ0v) is 15.0. The summed E-state index contributed by atoms with van der Waals surface area (Å²) in [7, 11) is 0. The average molecular weight is 300 g/mol. The maximum Gasteiger partial charge on any atom is 0.237 e. The van der Waals surface area contributed by atoms with Crippen molar-refractivity contribution < 1.29 is 4.79 Å². The molecule has 0 aromatic carbocycles. The van der Waals surface area contributed by atoms with E-state index in [0.29, 0.717) is 12.0 Å². The molecule has 0 spiro atoms. The Morgan fingerprint density at radius 1 is 1.24 bits per heavy atom. The molecule has 0 saturated heterocycles. The monoisotopic (exact) mass is 299 g/mol. The molecule has 0 radical (unpaired) electrons. The topological polar surface area (TPSA) is 58.4 Å². The summed E-state index contributed by atoms with van der Waals surface area (Å²) in [5, 5.41) is 3.33. The molecule has 0 aromatic rings. The molecule has 0 bridgehead atoms. The van der Waals surface area contributed by atoms with Gasteiger partial charge in [0.15, 0.2) is 0 Å². The molecule has 0 aromatic heterocycles. The van der Waals surface area contributed by atoms with Crippen molar-refractivity contribution in [2.75, 3.05) is 19.6 Å². The zero-order valence-electron chi connectivity index (χ0n) is 15.0. The van der Waals surface area contributed by atoms with Gasteiger partial charge in [-0.15, -0.1) is 0 Å². The van der Waals surface area contributed by atoms with Gasteiger partial charge in [0.05, 0.1) is 5.54 Å². The summed E-state index contributed by atoms with van der Waals surface area (Å²) >= 11 is 0. The Bertz CT molecular complexity index is 290. The van der Waals surface area contributed by atoms with Crippen LogP contribution < -0.4 is 11.1 Å². The summed E-state index contributed by atoms with van der Waals surface area (Å²) in [6.45, 7) is 15.8. The summed E-state index contributed by atoms with van der Waals surface area (Å²) in [4.78, 5) is 14.3. The maximum absolute atomic E-state index is 11.8. The van der Waals surface area contributed by atoms with Crippen molar-refractivity contribution in [1.29, 1.82) is 0 Å². The predicted octanol–water partition coefficient (Wildman–Crippen LogP) is 2.77. The minimum atomic E-state index is -0.600. The highest BCUT2D eigenvalue weighted by Crippen LogP contribution is 2.16. The van der Waals surface area contributed by atoms with E-state index in [2.05, 4.69) is 44.8 Å². The number of rotatable bonds is 12. The first kappa shape index (κ1) is 20.4. The molecule has 0 aliphatic carbocycles. The van der Waals surface area contributed by atoms with Crippen LogP contribution in [-0.2, 0) is 4.79 Å². The average Bonchev–Trinajstić information content (AvgIpc) is 2.42. The third-order valence-corrected chi connectivity index (χ3v) is 4.27. The van der Waals surface area contributed by atoms with Crippen molar-refractivity contribution in [1.82, 2.24) is 10.2 Å². The van der Waals surface area contributed by atoms with Crippen LogP contribution in [0, 0.1) is 5.92 Å². The number of nitrogens with one attached hydrogen (secondary N) is 1. The van der Waals surface area contributed by atoms with Gasteiger partial charge in [-0.1, -0.05) is 34.6 Å². The summed E-state index contributed by atoms with van der Waals surface area (Å²) < 4.78 is 0. The normalized spacial score (nSPS) is 14.9. The van der Waals surface area contributed by atoms with E-state index < -0.39 is 5.54 Å². The molecule has 0 heterocycles. The molecule has 4 heteroatoms. The Kier molecular flexibility index (Phi) is 9.88. The molecule has 0 fully saturated rings. The summed E-state index contributed by atoms with van der Waals surface area (Å²) in [6.07, 6.45) is 4.08. The second-order valence-electron chi connectivity index (χ2n) is 6.73. The fourth-order valence-electron chi connectivity index (χ4n) is 2.76. The van der Waals surface area contributed by atoms with Crippen LogP contribution in [0.5, 0.6) is 0 Å². The number of primary amides is 1.